The first-order chi connectivity index (χ1) is 9.26. The van der Waals surface area contributed by atoms with Crippen molar-refractivity contribution < 1.29 is 5.11 Å². The van der Waals surface area contributed by atoms with Crippen molar-refractivity contribution in [3.63, 3.8) is 0 Å². The summed E-state index contributed by atoms with van der Waals surface area (Å²) < 4.78 is 0. The van der Waals surface area contributed by atoms with Gasteiger partial charge in [0.25, 0.3) is 0 Å². The zero-order valence-corrected chi connectivity index (χ0v) is 12.2. The van der Waals surface area contributed by atoms with Gasteiger partial charge >= 0.3 is 0 Å². The van der Waals surface area contributed by atoms with E-state index in [9.17, 15) is 0 Å². The molecular weight excluding hydrogens is 236 g/mol. The van der Waals surface area contributed by atoms with Crippen molar-refractivity contribution in [2.45, 2.75) is 39.2 Å². The SMILES string of the molecule is CCCNC(C)c1ccc2c(c1)CCCN2CCO. The number of benzene rings is 1. The first-order valence-electron chi connectivity index (χ1n) is 7.48. The molecule has 1 heterocycles. The van der Waals surface area contributed by atoms with Crippen LogP contribution in [0.15, 0.2) is 18.2 Å². The maximum atomic E-state index is 9.13. The van der Waals surface area contributed by atoms with Crippen molar-refractivity contribution in [3.05, 3.63) is 29.3 Å². The summed E-state index contributed by atoms with van der Waals surface area (Å²) in [5.74, 6) is 0. The molecule has 0 aliphatic carbocycles. The minimum Gasteiger partial charge on any atom is -0.395 e. The number of β-amino-alcohol motifs (C(OH)–C–C–N with tert-alkyl or cyclic N) is 1. The van der Waals surface area contributed by atoms with Gasteiger partial charge in [-0.1, -0.05) is 19.1 Å². The number of aryl methyl sites for hydroxylation is 1. The third kappa shape index (κ3) is 3.48. The van der Waals surface area contributed by atoms with Crippen LogP contribution >= 0.6 is 0 Å². The standard InChI is InChI=1S/C16H26N2O/c1-3-8-17-13(2)14-6-7-16-15(12-14)5-4-9-18(16)10-11-19/h6-7,12-13,17,19H,3-5,8-11H2,1-2H3. The number of aliphatic hydroxyl groups is 1. The van der Waals surface area contributed by atoms with E-state index in [0.29, 0.717) is 6.04 Å². The summed E-state index contributed by atoms with van der Waals surface area (Å²) in [4.78, 5) is 2.30. The third-order valence-electron chi connectivity index (χ3n) is 3.89. The Kier molecular flexibility index (Phi) is 5.23. The monoisotopic (exact) mass is 262 g/mol. The fourth-order valence-electron chi connectivity index (χ4n) is 2.80. The van der Waals surface area contributed by atoms with E-state index in [1.54, 1.807) is 0 Å². The molecule has 1 atom stereocenters. The second-order valence-corrected chi connectivity index (χ2v) is 5.38. The van der Waals surface area contributed by atoms with E-state index in [2.05, 4.69) is 42.3 Å². The zero-order valence-electron chi connectivity index (χ0n) is 12.2. The summed E-state index contributed by atoms with van der Waals surface area (Å²) in [5.41, 5.74) is 4.12. The van der Waals surface area contributed by atoms with Gasteiger partial charge in [-0.15, -0.1) is 0 Å². The van der Waals surface area contributed by atoms with Crippen molar-refractivity contribution in [1.82, 2.24) is 5.32 Å². The van der Waals surface area contributed by atoms with Crippen molar-refractivity contribution in [3.8, 4) is 0 Å². The zero-order chi connectivity index (χ0) is 13.7. The van der Waals surface area contributed by atoms with Crippen LogP contribution in [0.5, 0.6) is 0 Å². The van der Waals surface area contributed by atoms with Gasteiger partial charge in [0.05, 0.1) is 6.61 Å². The second kappa shape index (κ2) is 6.92. The Morgan fingerprint density at radius 1 is 1.42 bits per heavy atom. The molecule has 106 valence electrons. The predicted molar refractivity (Wildman–Crippen MR) is 80.8 cm³/mol. The van der Waals surface area contributed by atoms with Crippen LogP contribution in [0.3, 0.4) is 0 Å². The molecule has 0 saturated heterocycles. The first kappa shape index (κ1) is 14.4. The summed E-state index contributed by atoms with van der Waals surface area (Å²) >= 11 is 0. The number of hydrogen-bond donors (Lipinski definition) is 2. The van der Waals surface area contributed by atoms with Crippen molar-refractivity contribution in [2.24, 2.45) is 0 Å². The Bertz CT molecular complexity index is 406. The van der Waals surface area contributed by atoms with E-state index < -0.39 is 0 Å². The third-order valence-corrected chi connectivity index (χ3v) is 3.89. The number of nitrogens with zero attached hydrogens (tertiary/aromatic N) is 1. The Balaban J connectivity index is 2.14. The second-order valence-electron chi connectivity index (χ2n) is 5.38. The topological polar surface area (TPSA) is 35.5 Å². The number of aliphatic hydroxyl groups excluding tert-OH is 1. The van der Waals surface area contributed by atoms with Gasteiger partial charge in [-0.3, -0.25) is 0 Å². The fraction of sp³-hybridized carbons (Fsp3) is 0.625. The van der Waals surface area contributed by atoms with Gasteiger partial charge in [0.15, 0.2) is 0 Å². The lowest BCUT2D eigenvalue weighted by Crippen LogP contribution is -2.32. The Morgan fingerprint density at radius 3 is 3.00 bits per heavy atom. The highest BCUT2D eigenvalue weighted by Gasteiger charge is 2.17. The summed E-state index contributed by atoms with van der Waals surface area (Å²) in [5, 5.41) is 12.7. The van der Waals surface area contributed by atoms with Gasteiger partial charge in [0, 0.05) is 24.8 Å². The van der Waals surface area contributed by atoms with E-state index in [0.717, 1.165) is 26.1 Å². The first-order valence-corrected chi connectivity index (χ1v) is 7.48. The van der Waals surface area contributed by atoms with Gasteiger partial charge in [0.2, 0.25) is 0 Å². The molecule has 1 aliphatic heterocycles. The smallest absolute Gasteiger partial charge is 0.0606 e. The van der Waals surface area contributed by atoms with Gasteiger partial charge < -0.3 is 15.3 Å². The lowest BCUT2D eigenvalue weighted by Gasteiger charge is -2.31. The quantitative estimate of drug-likeness (QED) is 0.827. The molecule has 0 amide bonds. The lowest BCUT2D eigenvalue weighted by molar-refractivity contribution is 0.301. The lowest BCUT2D eigenvalue weighted by atomic mass is 9.97. The Morgan fingerprint density at radius 2 is 2.26 bits per heavy atom. The maximum Gasteiger partial charge on any atom is 0.0606 e. The molecule has 1 aromatic rings. The molecule has 3 heteroatoms. The molecule has 2 rings (SSSR count). The summed E-state index contributed by atoms with van der Waals surface area (Å²) in [7, 11) is 0. The molecule has 2 N–H and O–H groups in total. The minimum absolute atomic E-state index is 0.232. The summed E-state index contributed by atoms with van der Waals surface area (Å²) in [6.45, 7) is 7.53. The number of nitrogens with one attached hydrogen (secondary N) is 1. The Hall–Kier alpha value is -1.06. The molecule has 1 aliphatic rings. The molecular formula is C16H26N2O. The van der Waals surface area contributed by atoms with E-state index in [1.165, 1.54) is 29.7 Å². The Labute approximate surface area is 116 Å². The highest BCUT2D eigenvalue weighted by atomic mass is 16.3. The molecule has 1 unspecified atom stereocenters. The van der Waals surface area contributed by atoms with E-state index in [1.807, 2.05) is 0 Å². The highest BCUT2D eigenvalue weighted by Crippen LogP contribution is 2.29. The molecule has 0 bridgehead atoms. The van der Waals surface area contributed by atoms with Crippen LogP contribution in [0, 0.1) is 0 Å². The average Bonchev–Trinajstić information content (AvgIpc) is 2.45. The highest BCUT2D eigenvalue weighted by molar-refractivity contribution is 5.57. The molecule has 1 aromatic carbocycles. The van der Waals surface area contributed by atoms with Crippen LogP contribution in [0.25, 0.3) is 0 Å². The van der Waals surface area contributed by atoms with Crippen LogP contribution in [-0.2, 0) is 6.42 Å². The van der Waals surface area contributed by atoms with Gasteiger partial charge in [-0.25, -0.2) is 0 Å². The summed E-state index contributed by atoms with van der Waals surface area (Å²) in [6, 6.07) is 7.20. The van der Waals surface area contributed by atoms with Gasteiger partial charge in [-0.05, 0) is 49.9 Å². The van der Waals surface area contributed by atoms with Crippen molar-refractivity contribution in [1.29, 1.82) is 0 Å². The van der Waals surface area contributed by atoms with E-state index in [-0.39, 0.29) is 6.61 Å². The largest absolute Gasteiger partial charge is 0.395 e. The molecule has 0 spiro atoms. The van der Waals surface area contributed by atoms with E-state index in [4.69, 9.17) is 5.11 Å². The minimum atomic E-state index is 0.232. The normalized spacial score (nSPS) is 16.3. The predicted octanol–water partition coefficient (Wildman–Crippen LogP) is 2.49. The maximum absolute atomic E-state index is 9.13. The van der Waals surface area contributed by atoms with Crippen LogP contribution in [0.1, 0.15) is 43.9 Å². The van der Waals surface area contributed by atoms with Crippen LogP contribution in [0.2, 0.25) is 0 Å². The van der Waals surface area contributed by atoms with Crippen LogP contribution in [-0.4, -0.2) is 31.3 Å². The molecule has 0 fully saturated rings. The van der Waals surface area contributed by atoms with E-state index >= 15 is 0 Å². The van der Waals surface area contributed by atoms with Gasteiger partial charge in [0.1, 0.15) is 0 Å². The molecule has 0 radical (unpaired) electrons. The molecule has 0 aromatic heterocycles. The number of hydrogen-bond acceptors (Lipinski definition) is 3. The number of fused-ring (bicyclic) bond motifs is 1. The van der Waals surface area contributed by atoms with Crippen LogP contribution in [0.4, 0.5) is 5.69 Å². The summed E-state index contributed by atoms with van der Waals surface area (Å²) in [6.07, 6.45) is 3.51. The van der Waals surface area contributed by atoms with Crippen molar-refractivity contribution in [2.75, 3.05) is 31.1 Å². The van der Waals surface area contributed by atoms with Crippen molar-refractivity contribution >= 4 is 5.69 Å². The number of rotatable bonds is 6. The van der Waals surface area contributed by atoms with Crippen LogP contribution < -0.4 is 10.2 Å². The van der Waals surface area contributed by atoms with Gasteiger partial charge in [-0.2, -0.15) is 0 Å². The number of anilines is 1. The average molecular weight is 262 g/mol. The molecule has 3 nitrogen and oxygen atoms in total. The molecule has 19 heavy (non-hydrogen) atoms. The molecule has 0 saturated carbocycles. The fourth-order valence-corrected chi connectivity index (χ4v) is 2.80.